The Morgan fingerprint density at radius 1 is 1.27 bits per heavy atom. The number of hydrogen-bond acceptors (Lipinski definition) is 1. The number of nitrogens with one attached hydrogen (secondary N) is 1. The van der Waals surface area contributed by atoms with E-state index < -0.39 is 0 Å². The van der Waals surface area contributed by atoms with Crippen LogP contribution in [0.25, 0.3) is 0 Å². The lowest BCUT2D eigenvalue weighted by atomic mass is 10.2. The maximum absolute atomic E-state index is 5.83. The lowest BCUT2D eigenvalue weighted by molar-refractivity contribution is 0.867. The molecule has 0 aromatic heterocycles. The fraction of sp³-hybridized carbons (Fsp3) is 0.125. The van der Waals surface area contributed by atoms with Crippen LogP contribution in [0.2, 0.25) is 10.0 Å². The van der Waals surface area contributed by atoms with Gasteiger partial charge in [-0.2, -0.15) is 0 Å². The van der Waals surface area contributed by atoms with Crippen LogP contribution in [0.1, 0.15) is 5.56 Å². The summed E-state index contributed by atoms with van der Waals surface area (Å²) in [6.07, 6.45) is 0. The SMILES string of the molecule is [CH]NCc1c(Cl)cccc1Cl. The highest BCUT2D eigenvalue weighted by Crippen LogP contribution is 2.23. The molecule has 0 saturated carbocycles. The Balaban J connectivity index is 3.00. The maximum atomic E-state index is 5.83. The van der Waals surface area contributed by atoms with Crippen LogP contribution >= 0.6 is 23.2 Å². The third kappa shape index (κ3) is 2.09. The smallest absolute Gasteiger partial charge is 0.0465 e. The van der Waals surface area contributed by atoms with Crippen molar-refractivity contribution < 1.29 is 0 Å². The fourth-order valence-electron chi connectivity index (χ4n) is 0.803. The Hall–Kier alpha value is -0.240. The maximum Gasteiger partial charge on any atom is 0.0465 e. The molecule has 0 bridgehead atoms. The summed E-state index contributed by atoms with van der Waals surface area (Å²) >= 11 is 11.7. The molecule has 0 atom stereocenters. The highest BCUT2D eigenvalue weighted by Gasteiger charge is 2.02. The molecule has 0 amide bonds. The number of halogens is 2. The average Bonchev–Trinajstić information content (AvgIpc) is 1.97. The average molecular weight is 188 g/mol. The van der Waals surface area contributed by atoms with Crippen LogP contribution in [-0.4, -0.2) is 0 Å². The minimum absolute atomic E-state index is 0.485. The van der Waals surface area contributed by atoms with Crippen LogP contribution in [-0.2, 0) is 6.54 Å². The van der Waals surface area contributed by atoms with Crippen LogP contribution in [0.5, 0.6) is 0 Å². The van der Waals surface area contributed by atoms with E-state index in [1.54, 1.807) is 18.2 Å². The third-order valence-electron chi connectivity index (χ3n) is 1.34. The first-order valence-corrected chi connectivity index (χ1v) is 3.87. The summed E-state index contributed by atoms with van der Waals surface area (Å²) in [5.74, 6) is 0. The zero-order valence-corrected chi connectivity index (χ0v) is 7.28. The summed E-state index contributed by atoms with van der Waals surface area (Å²) in [5.41, 5.74) is 0.832. The van der Waals surface area contributed by atoms with Crippen molar-refractivity contribution in [2.75, 3.05) is 0 Å². The van der Waals surface area contributed by atoms with Crippen molar-refractivity contribution in [3.05, 3.63) is 40.9 Å². The summed E-state index contributed by atoms with van der Waals surface area (Å²) in [6.45, 7) is 0.485. The Morgan fingerprint density at radius 2 is 1.82 bits per heavy atom. The van der Waals surface area contributed by atoms with Gasteiger partial charge in [0.2, 0.25) is 0 Å². The quantitative estimate of drug-likeness (QED) is 0.703. The highest BCUT2D eigenvalue weighted by atomic mass is 35.5. The van der Waals surface area contributed by atoms with Gasteiger partial charge < -0.3 is 5.32 Å². The number of rotatable bonds is 2. The van der Waals surface area contributed by atoms with Gasteiger partial charge in [-0.15, -0.1) is 0 Å². The van der Waals surface area contributed by atoms with Gasteiger partial charge in [-0.25, -0.2) is 0 Å². The van der Waals surface area contributed by atoms with Crippen molar-refractivity contribution >= 4 is 23.2 Å². The van der Waals surface area contributed by atoms with Crippen molar-refractivity contribution in [3.63, 3.8) is 0 Å². The molecule has 0 saturated heterocycles. The molecule has 0 unspecified atom stereocenters. The molecule has 1 N–H and O–H groups in total. The molecule has 0 aliphatic rings. The molecule has 1 rings (SSSR count). The van der Waals surface area contributed by atoms with E-state index in [4.69, 9.17) is 30.2 Å². The lowest BCUT2D eigenvalue weighted by Crippen LogP contribution is -2.03. The molecule has 1 aromatic rings. The molecule has 58 valence electrons. The van der Waals surface area contributed by atoms with Gasteiger partial charge in [-0.05, 0) is 12.1 Å². The standard InChI is InChI=1S/C8H7Cl2N/c1-11-5-6-7(9)3-2-4-8(6)10/h1-4,11H,5H2. The summed E-state index contributed by atoms with van der Waals surface area (Å²) in [6, 6.07) is 5.35. The predicted octanol–water partition coefficient (Wildman–Crippen LogP) is 2.75. The van der Waals surface area contributed by atoms with Gasteiger partial charge in [0.25, 0.3) is 0 Å². The normalized spacial score (nSPS) is 10.1. The zero-order valence-electron chi connectivity index (χ0n) is 5.77. The monoisotopic (exact) mass is 187 g/mol. The molecule has 1 nitrogen and oxygen atoms in total. The second-order valence-electron chi connectivity index (χ2n) is 2.08. The molecule has 0 fully saturated rings. The van der Waals surface area contributed by atoms with E-state index in [1.807, 2.05) is 0 Å². The van der Waals surface area contributed by atoms with Gasteiger partial charge in [-0.3, -0.25) is 0 Å². The van der Waals surface area contributed by atoms with Crippen LogP contribution in [0, 0.1) is 7.05 Å². The van der Waals surface area contributed by atoms with Gasteiger partial charge in [-0.1, -0.05) is 29.3 Å². The molecule has 1 aromatic carbocycles. The van der Waals surface area contributed by atoms with Gasteiger partial charge >= 0.3 is 0 Å². The second-order valence-corrected chi connectivity index (χ2v) is 2.90. The van der Waals surface area contributed by atoms with E-state index in [2.05, 4.69) is 5.32 Å². The largest absolute Gasteiger partial charge is 0.307 e. The first-order valence-electron chi connectivity index (χ1n) is 3.12. The van der Waals surface area contributed by atoms with Crippen LogP contribution in [0.3, 0.4) is 0 Å². The first-order chi connectivity index (χ1) is 5.25. The Labute approximate surface area is 76.3 Å². The van der Waals surface area contributed by atoms with E-state index in [0.29, 0.717) is 16.6 Å². The lowest BCUT2D eigenvalue weighted by Gasteiger charge is -2.04. The van der Waals surface area contributed by atoms with Crippen molar-refractivity contribution in [2.45, 2.75) is 6.54 Å². The van der Waals surface area contributed by atoms with E-state index in [0.717, 1.165) is 5.56 Å². The Kier molecular flexibility index (Phi) is 3.18. The van der Waals surface area contributed by atoms with Crippen molar-refractivity contribution in [3.8, 4) is 0 Å². The minimum Gasteiger partial charge on any atom is -0.307 e. The number of benzene rings is 1. The predicted molar refractivity (Wildman–Crippen MR) is 47.6 cm³/mol. The molecular weight excluding hydrogens is 181 g/mol. The van der Waals surface area contributed by atoms with Crippen molar-refractivity contribution in [1.82, 2.24) is 5.32 Å². The molecule has 0 aliphatic heterocycles. The van der Waals surface area contributed by atoms with Crippen molar-refractivity contribution in [1.29, 1.82) is 0 Å². The minimum atomic E-state index is 0.485. The van der Waals surface area contributed by atoms with Crippen LogP contribution < -0.4 is 5.32 Å². The molecule has 0 spiro atoms. The summed E-state index contributed by atoms with van der Waals surface area (Å²) in [4.78, 5) is 0. The summed E-state index contributed by atoms with van der Waals surface area (Å²) < 4.78 is 0. The summed E-state index contributed by atoms with van der Waals surface area (Å²) in [7, 11) is 5.13. The van der Waals surface area contributed by atoms with Gasteiger partial charge in [0.05, 0.1) is 0 Å². The van der Waals surface area contributed by atoms with Gasteiger partial charge in [0.15, 0.2) is 0 Å². The van der Waals surface area contributed by atoms with E-state index in [-0.39, 0.29) is 0 Å². The Morgan fingerprint density at radius 3 is 2.27 bits per heavy atom. The van der Waals surface area contributed by atoms with E-state index >= 15 is 0 Å². The second kappa shape index (κ2) is 3.96. The fourth-order valence-corrected chi connectivity index (χ4v) is 1.33. The van der Waals surface area contributed by atoms with Crippen molar-refractivity contribution in [2.24, 2.45) is 0 Å². The third-order valence-corrected chi connectivity index (χ3v) is 2.05. The Bertz CT molecular complexity index is 228. The molecule has 0 aliphatic carbocycles. The molecule has 11 heavy (non-hydrogen) atoms. The first kappa shape index (κ1) is 8.85. The summed E-state index contributed by atoms with van der Waals surface area (Å²) in [5, 5.41) is 3.77. The molecule has 2 radical (unpaired) electrons. The number of hydrogen-bond donors (Lipinski definition) is 1. The van der Waals surface area contributed by atoms with E-state index in [1.165, 1.54) is 0 Å². The van der Waals surface area contributed by atoms with E-state index in [9.17, 15) is 0 Å². The topological polar surface area (TPSA) is 12.0 Å². The zero-order chi connectivity index (χ0) is 8.27. The molecule has 3 heteroatoms. The molecular formula is C8H7Cl2N. The van der Waals surface area contributed by atoms with Crippen LogP contribution in [0.15, 0.2) is 18.2 Å². The van der Waals surface area contributed by atoms with Gasteiger partial charge in [0, 0.05) is 29.2 Å². The van der Waals surface area contributed by atoms with Crippen LogP contribution in [0.4, 0.5) is 0 Å². The highest BCUT2D eigenvalue weighted by molar-refractivity contribution is 6.35. The molecule has 0 heterocycles. The van der Waals surface area contributed by atoms with Gasteiger partial charge in [0.1, 0.15) is 0 Å².